The molecule has 3 nitrogen and oxygen atoms in total. The van der Waals surface area contributed by atoms with Crippen molar-refractivity contribution < 1.29 is 4.79 Å². The van der Waals surface area contributed by atoms with Crippen LogP contribution in [0.15, 0.2) is 41.0 Å². The first-order chi connectivity index (χ1) is 9.58. The van der Waals surface area contributed by atoms with E-state index in [1.54, 1.807) is 18.3 Å². The minimum Gasteiger partial charge on any atom is -0.352 e. The molecule has 0 bridgehead atoms. The minimum atomic E-state index is -0.137. The Hall–Kier alpha value is -1.10. The van der Waals surface area contributed by atoms with Crippen molar-refractivity contribution in [3.8, 4) is 0 Å². The number of hydrogen-bond acceptors (Lipinski definition) is 2. The van der Waals surface area contributed by atoms with Gasteiger partial charge in [0, 0.05) is 23.6 Å². The quantitative estimate of drug-likeness (QED) is 0.875. The molecule has 0 aliphatic heterocycles. The lowest BCUT2D eigenvalue weighted by molar-refractivity contribution is 0.0953. The fraction of sp³-hybridized carbons (Fsp3) is 0.143. The third-order valence-corrected chi connectivity index (χ3v) is 3.88. The highest BCUT2D eigenvalue weighted by atomic mass is 79.9. The van der Waals surface area contributed by atoms with Gasteiger partial charge in [-0.05, 0) is 34.1 Å². The van der Waals surface area contributed by atoms with Crippen LogP contribution in [-0.2, 0) is 6.42 Å². The van der Waals surface area contributed by atoms with Crippen LogP contribution in [0.25, 0.3) is 0 Å². The van der Waals surface area contributed by atoms with Gasteiger partial charge in [0.25, 0.3) is 5.91 Å². The number of rotatable bonds is 4. The van der Waals surface area contributed by atoms with Gasteiger partial charge in [-0.25, -0.2) is 0 Å². The zero-order valence-corrected chi connectivity index (χ0v) is 13.5. The van der Waals surface area contributed by atoms with Crippen molar-refractivity contribution in [2.45, 2.75) is 6.42 Å². The number of carbonyl (C=O) groups is 1. The second kappa shape index (κ2) is 7.07. The molecule has 0 saturated carbocycles. The third kappa shape index (κ3) is 3.95. The average molecular weight is 374 g/mol. The van der Waals surface area contributed by atoms with Crippen molar-refractivity contribution >= 4 is 45.0 Å². The van der Waals surface area contributed by atoms with Gasteiger partial charge in [-0.1, -0.05) is 35.3 Å². The second-order valence-electron chi connectivity index (χ2n) is 4.07. The van der Waals surface area contributed by atoms with Gasteiger partial charge < -0.3 is 5.32 Å². The van der Waals surface area contributed by atoms with E-state index in [0.717, 1.165) is 4.47 Å². The van der Waals surface area contributed by atoms with E-state index < -0.39 is 0 Å². The molecule has 1 N–H and O–H groups in total. The smallest absolute Gasteiger partial charge is 0.252 e. The molecule has 6 heteroatoms. The predicted octanol–water partition coefficient (Wildman–Crippen LogP) is 4.12. The molecule has 1 amide bonds. The number of amides is 1. The van der Waals surface area contributed by atoms with Crippen molar-refractivity contribution in [1.29, 1.82) is 0 Å². The van der Waals surface area contributed by atoms with Crippen LogP contribution in [0.5, 0.6) is 0 Å². The standard InChI is InChI=1S/C14H11BrCl2N2O/c15-11-4-2-1-3-10(11)14(20)18-6-5-13-12(17)7-9(16)8-19-13/h1-4,7-8H,5-6H2,(H,18,20). The van der Waals surface area contributed by atoms with E-state index in [1.807, 2.05) is 18.2 Å². The van der Waals surface area contributed by atoms with Crippen molar-refractivity contribution in [3.63, 3.8) is 0 Å². The number of nitrogens with zero attached hydrogens (tertiary/aromatic N) is 1. The van der Waals surface area contributed by atoms with Crippen LogP contribution < -0.4 is 5.32 Å². The number of hydrogen-bond donors (Lipinski definition) is 1. The van der Waals surface area contributed by atoms with E-state index in [0.29, 0.717) is 34.3 Å². The molecule has 2 aromatic rings. The van der Waals surface area contributed by atoms with Crippen LogP contribution >= 0.6 is 39.1 Å². The van der Waals surface area contributed by atoms with E-state index in [4.69, 9.17) is 23.2 Å². The molecule has 0 unspecified atom stereocenters. The summed E-state index contributed by atoms with van der Waals surface area (Å²) in [5, 5.41) is 3.83. The summed E-state index contributed by atoms with van der Waals surface area (Å²) in [6.45, 7) is 0.453. The monoisotopic (exact) mass is 372 g/mol. The Bertz CT molecular complexity index is 634. The Labute approximate surface area is 135 Å². The first-order valence-corrected chi connectivity index (χ1v) is 7.45. The fourth-order valence-corrected chi connectivity index (χ4v) is 2.60. The number of benzene rings is 1. The van der Waals surface area contributed by atoms with Gasteiger partial charge in [0.05, 0.1) is 21.3 Å². The Morgan fingerprint density at radius 3 is 2.75 bits per heavy atom. The molecule has 0 aliphatic rings. The van der Waals surface area contributed by atoms with Crippen LogP contribution in [0.2, 0.25) is 10.0 Å². The van der Waals surface area contributed by atoms with E-state index in [-0.39, 0.29) is 5.91 Å². The lowest BCUT2D eigenvalue weighted by Gasteiger charge is -2.07. The normalized spacial score (nSPS) is 10.3. The maximum atomic E-state index is 12.0. The van der Waals surface area contributed by atoms with Crippen LogP contribution in [0.1, 0.15) is 16.1 Å². The number of aromatic nitrogens is 1. The van der Waals surface area contributed by atoms with E-state index >= 15 is 0 Å². The number of carbonyl (C=O) groups excluding carboxylic acids is 1. The summed E-state index contributed by atoms with van der Waals surface area (Å²) in [5.41, 5.74) is 1.31. The number of halogens is 3. The van der Waals surface area contributed by atoms with Gasteiger partial charge in [0.2, 0.25) is 0 Å². The number of nitrogens with one attached hydrogen (secondary N) is 1. The van der Waals surface area contributed by atoms with Gasteiger partial charge in [-0.15, -0.1) is 0 Å². The summed E-state index contributed by atoms with van der Waals surface area (Å²) in [6.07, 6.45) is 2.09. The van der Waals surface area contributed by atoms with Gasteiger partial charge in [0.15, 0.2) is 0 Å². The van der Waals surface area contributed by atoms with Crippen molar-refractivity contribution in [3.05, 3.63) is 62.3 Å². The molecular formula is C14H11BrCl2N2O. The van der Waals surface area contributed by atoms with Gasteiger partial charge >= 0.3 is 0 Å². The predicted molar refractivity (Wildman–Crippen MR) is 84.4 cm³/mol. The highest BCUT2D eigenvalue weighted by Crippen LogP contribution is 2.19. The first kappa shape index (κ1) is 15.3. The summed E-state index contributed by atoms with van der Waals surface area (Å²) in [4.78, 5) is 16.1. The molecule has 0 aliphatic carbocycles. The van der Waals surface area contributed by atoms with E-state index in [1.165, 1.54) is 0 Å². The SMILES string of the molecule is O=C(NCCc1ncc(Cl)cc1Cl)c1ccccc1Br. The maximum Gasteiger partial charge on any atom is 0.252 e. The molecular weight excluding hydrogens is 363 g/mol. The molecule has 2 rings (SSSR count). The second-order valence-corrected chi connectivity index (χ2v) is 5.77. The maximum absolute atomic E-state index is 12.0. The Balaban J connectivity index is 1.93. The molecule has 104 valence electrons. The molecule has 1 heterocycles. The van der Waals surface area contributed by atoms with Gasteiger partial charge in [0.1, 0.15) is 0 Å². The van der Waals surface area contributed by atoms with E-state index in [9.17, 15) is 4.79 Å². The summed E-state index contributed by atoms with van der Waals surface area (Å²) >= 11 is 15.1. The first-order valence-electron chi connectivity index (χ1n) is 5.90. The van der Waals surface area contributed by atoms with E-state index in [2.05, 4.69) is 26.2 Å². The van der Waals surface area contributed by atoms with Crippen LogP contribution in [0.4, 0.5) is 0 Å². The molecule has 0 atom stereocenters. The lowest BCUT2D eigenvalue weighted by Crippen LogP contribution is -2.26. The van der Waals surface area contributed by atoms with Crippen LogP contribution in [0.3, 0.4) is 0 Å². The number of pyridine rings is 1. The van der Waals surface area contributed by atoms with Crippen molar-refractivity contribution in [1.82, 2.24) is 10.3 Å². The molecule has 0 radical (unpaired) electrons. The molecule has 1 aromatic carbocycles. The van der Waals surface area contributed by atoms with Gasteiger partial charge in [-0.2, -0.15) is 0 Å². The Morgan fingerprint density at radius 1 is 1.30 bits per heavy atom. The van der Waals surface area contributed by atoms with Crippen LogP contribution in [-0.4, -0.2) is 17.4 Å². The minimum absolute atomic E-state index is 0.137. The Kier molecular flexibility index (Phi) is 5.40. The summed E-state index contributed by atoms with van der Waals surface area (Å²) < 4.78 is 0.764. The Morgan fingerprint density at radius 2 is 2.05 bits per heavy atom. The molecule has 1 aromatic heterocycles. The topological polar surface area (TPSA) is 42.0 Å². The molecule has 0 fully saturated rings. The van der Waals surface area contributed by atoms with Crippen molar-refractivity contribution in [2.24, 2.45) is 0 Å². The highest BCUT2D eigenvalue weighted by molar-refractivity contribution is 9.10. The zero-order valence-electron chi connectivity index (χ0n) is 10.4. The molecule has 0 spiro atoms. The van der Waals surface area contributed by atoms with Gasteiger partial charge in [-0.3, -0.25) is 9.78 Å². The summed E-state index contributed by atoms with van der Waals surface area (Å²) in [5.74, 6) is -0.137. The zero-order chi connectivity index (χ0) is 14.5. The summed E-state index contributed by atoms with van der Waals surface area (Å²) in [6, 6.07) is 8.90. The summed E-state index contributed by atoms with van der Waals surface area (Å²) in [7, 11) is 0. The molecule has 0 saturated heterocycles. The fourth-order valence-electron chi connectivity index (χ4n) is 1.66. The lowest BCUT2D eigenvalue weighted by atomic mass is 10.2. The van der Waals surface area contributed by atoms with Crippen molar-refractivity contribution in [2.75, 3.05) is 6.54 Å². The van der Waals surface area contributed by atoms with Crippen LogP contribution in [0, 0.1) is 0 Å². The third-order valence-electron chi connectivity index (χ3n) is 2.65. The highest BCUT2D eigenvalue weighted by Gasteiger charge is 2.09. The average Bonchev–Trinajstić information content (AvgIpc) is 2.41. The molecule has 20 heavy (non-hydrogen) atoms. The largest absolute Gasteiger partial charge is 0.352 e.